The zero-order valence-corrected chi connectivity index (χ0v) is 17.7. The highest BCUT2D eigenvalue weighted by Crippen LogP contribution is 2.37. The molecule has 9 heteroatoms. The van der Waals surface area contributed by atoms with Crippen LogP contribution >= 0.6 is 0 Å². The molecule has 1 aliphatic rings. The minimum absolute atomic E-state index is 0.119. The Labute approximate surface area is 181 Å². The molecule has 0 fully saturated rings. The van der Waals surface area contributed by atoms with Crippen LogP contribution in [0, 0.1) is 17.5 Å². The van der Waals surface area contributed by atoms with Gasteiger partial charge in [-0.15, -0.1) is 0 Å². The van der Waals surface area contributed by atoms with Gasteiger partial charge in [0.1, 0.15) is 0 Å². The summed E-state index contributed by atoms with van der Waals surface area (Å²) in [7, 11) is 3.54. The normalized spacial score (nSPS) is 15.9. The van der Waals surface area contributed by atoms with Gasteiger partial charge in [0, 0.05) is 49.5 Å². The first-order valence-corrected chi connectivity index (χ1v) is 10.2. The summed E-state index contributed by atoms with van der Waals surface area (Å²) in [5, 5.41) is 5.38. The average molecular weight is 439 g/mol. The highest BCUT2D eigenvalue weighted by molar-refractivity contribution is 6.07. The predicted octanol–water partition coefficient (Wildman–Crippen LogP) is 4.15. The van der Waals surface area contributed by atoms with Gasteiger partial charge >= 0.3 is 0 Å². The lowest BCUT2D eigenvalue weighted by molar-refractivity contribution is 0.0675. The second-order valence-electron chi connectivity index (χ2n) is 8.06. The van der Waals surface area contributed by atoms with Crippen molar-refractivity contribution >= 4 is 16.8 Å². The van der Waals surface area contributed by atoms with Crippen LogP contribution in [0.15, 0.2) is 36.8 Å². The van der Waals surface area contributed by atoms with Crippen molar-refractivity contribution in [2.45, 2.75) is 19.4 Å². The van der Waals surface area contributed by atoms with Crippen molar-refractivity contribution in [3.05, 3.63) is 71.1 Å². The summed E-state index contributed by atoms with van der Waals surface area (Å²) in [5.74, 6) is -4.12. The zero-order valence-electron chi connectivity index (χ0n) is 17.7. The van der Waals surface area contributed by atoms with Gasteiger partial charge in [0.05, 0.1) is 34.7 Å². The largest absolute Gasteiger partial charge is 0.348 e. The maximum Gasteiger partial charge on any atom is 0.256 e. The maximum absolute atomic E-state index is 13.9. The molecule has 0 aliphatic carbocycles. The Morgan fingerprint density at radius 2 is 1.88 bits per heavy atom. The number of aryl methyl sites for hydroxylation is 2. The first kappa shape index (κ1) is 20.3. The van der Waals surface area contributed by atoms with Crippen LogP contribution < -0.4 is 0 Å². The molecule has 1 amide bonds. The van der Waals surface area contributed by atoms with E-state index in [1.54, 1.807) is 30.5 Å². The van der Waals surface area contributed by atoms with Crippen LogP contribution in [0.3, 0.4) is 0 Å². The van der Waals surface area contributed by atoms with Crippen LogP contribution in [0.25, 0.3) is 22.2 Å². The first-order valence-electron chi connectivity index (χ1n) is 10.2. The summed E-state index contributed by atoms with van der Waals surface area (Å²) in [6, 6.07) is 3.42. The highest BCUT2D eigenvalue weighted by Gasteiger charge is 2.34. The Hall–Kier alpha value is -3.62. The number of amides is 1. The second-order valence-corrected chi connectivity index (χ2v) is 8.06. The Bertz CT molecular complexity index is 1370. The molecule has 4 aromatic rings. The number of rotatable bonds is 2. The van der Waals surface area contributed by atoms with Crippen molar-refractivity contribution in [1.29, 1.82) is 0 Å². The summed E-state index contributed by atoms with van der Waals surface area (Å²) >= 11 is 0. The SMILES string of the molecule is C[C@H]1c2nn(C)c(-c3cc(F)c(F)c(F)c3)c2CCN1C(=O)c1cn(C)c2cnccc12. The van der Waals surface area contributed by atoms with Crippen molar-refractivity contribution < 1.29 is 18.0 Å². The lowest BCUT2D eigenvalue weighted by atomic mass is 9.95. The maximum atomic E-state index is 13.9. The standard InChI is InChI=1S/C23H20F3N5O/c1-12-21-15(22(30(3)28-21)13-8-17(24)20(26)18(25)9-13)5-7-31(12)23(32)16-11-29(2)19-10-27-6-4-14(16)19/h4,6,8-12H,5,7H2,1-3H3/t12-/m0/s1. The number of halogens is 3. The van der Waals surface area contributed by atoms with Gasteiger partial charge in [0.2, 0.25) is 0 Å². The van der Waals surface area contributed by atoms with Gasteiger partial charge in [-0.05, 0) is 31.5 Å². The van der Waals surface area contributed by atoms with Crippen LogP contribution in [0.1, 0.15) is 34.6 Å². The summed E-state index contributed by atoms with van der Waals surface area (Å²) in [4.78, 5) is 19.3. The van der Waals surface area contributed by atoms with E-state index in [0.29, 0.717) is 29.9 Å². The van der Waals surface area contributed by atoms with Crippen molar-refractivity contribution in [1.82, 2.24) is 24.2 Å². The van der Waals surface area contributed by atoms with Crippen molar-refractivity contribution in [2.24, 2.45) is 14.1 Å². The zero-order chi connectivity index (χ0) is 22.7. The fourth-order valence-corrected chi connectivity index (χ4v) is 4.63. The molecule has 164 valence electrons. The van der Waals surface area contributed by atoms with Gasteiger partial charge in [-0.3, -0.25) is 14.5 Å². The Morgan fingerprint density at radius 1 is 1.16 bits per heavy atom. The first-order chi connectivity index (χ1) is 15.3. The molecule has 32 heavy (non-hydrogen) atoms. The number of hydrogen-bond donors (Lipinski definition) is 0. The summed E-state index contributed by atoms with van der Waals surface area (Å²) in [5.41, 5.74) is 3.64. The third kappa shape index (κ3) is 2.91. The molecule has 5 rings (SSSR count). The van der Waals surface area contributed by atoms with E-state index in [9.17, 15) is 18.0 Å². The number of fused-ring (bicyclic) bond motifs is 2. The molecule has 4 heterocycles. The molecule has 0 spiro atoms. The molecule has 0 saturated heterocycles. The van der Waals surface area contributed by atoms with Crippen LogP contribution in [-0.2, 0) is 20.5 Å². The number of carbonyl (C=O) groups excluding carboxylic acids is 1. The molecule has 6 nitrogen and oxygen atoms in total. The van der Waals surface area contributed by atoms with E-state index in [1.165, 1.54) is 4.68 Å². The quantitative estimate of drug-likeness (QED) is 0.441. The van der Waals surface area contributed by atoms with Crippen molar-refractivity contribution in [3.8, 4) is 11.3 Å². The molecule has 1 aliphatic heterocycles. The van der Waals surface area contributed by atoms with E-state index in [0.717, 1.165) is 28.6 Å². The third-order valence-corrected chi connectivity index (χ3v) is 6.18. The fraction of sp³-hybridized carbons (Fsp3) is 0.261. The molecule has 0 radical (unpaired) electrons. The van der Waals surface area contributed by atoms with Gasteiger partial charge in [-0.25, -0.2) is 13.2 Å². The number of carbonyl (C=O) groups is 1. The second kappa shape index (κ2) is 7.22. The monoisotopic (exact) mass is 439 g/mol. The number of pyridine rings is 1. The van der Waals surface area contributed by atoms with E-state index >= 15 is 0 Å². The van der Waals surface area contributed by atoms with Crippen molar-refractivity contribution in [2.75, 3.05) is 6.54 Å². The Morgan fingerprint density at radius 3 is 2.59 bits per heavy atom. The summed E-state index contributed by atoms with van der Waals surface area (Å²) < 4.78 is 44.6. The lowest BCUT2D eigenvalue weighted by Gasteiger charge is -2.33. The highest BCUT2D eigenvalue weighted by atomic mass is 19.2. The molecule has 0 bridgehead atoms. The van der Waals surface area contributed by atoms with E-state index in [1.807, 2.05) is 24.6 Å². The van der Waals surface area contributed by atoms with Crippen LogP contribution in [0.5, 0.6) is 0 Å². The lowest BCUT2D eigenvalue weighted by Crippen LogP contribution is -2.38. The number of nitrogens with zero attached hydrogens (tertiary/aromatic N) is 5. The van der Waals surface area contributed by atoms with E-state index in [2.05, 4.69) is 10.1 Å². The van der Waals surface area contributed by atoms with Crippen LogP contribution in [0.4, 0.5) is 13.2 Å². The van der Waals surface area contributed by atoms with Gasteiger partial charge in [-0.1, -0.05) is 0 Å². The number of hydrogen-bond acceptors (Lipinski definition) is 3. The van der Waals surface area contributed by atoms with Gasteiger partial charge in [0.25, 0.3) is 5.91 Å². The molecular weight excluding hydrogens is 419 g/mol. The van der Waals surface area contributed by atoms with Gasteiger partial charge in [0.15, 0.2) is 17.5 Å². The molecule has 0 unspecified atom stereocenters. The van der Waals surface area contributed by atoms with E-state index < -0.39 is 17.5 Å². The van der Waals surface area contributed by atoms with Crippen LogP contribution in [0.2, 0.25) is 0 Å². The topological polar surface area (TPSA) is 56.0 Å². The summed E-state index contributed by atoms with van der Waals surface area (Å²) in [6.07, 6.45) is 5.63. The molecule has 0 N–H and O–H groups in total. The molecular formula is C23H20F3N5O. The molecule has 0 saturated carbocycles. The minimum Gasteiger partial charge on any atom is -0.348 e. The van der Waals surface area contributed by atoms with Gasteiger partial charge < -0.3 is 9.47 Å². The van der Waals surface area contributed by atoms with Crippen molar-refractivity contribution in [3.63, 3.8) is 0 Å². The molecule has 1 atom stereocenters. The predicted molar refractivity (Wildman–Crippen MR) is 112 cm³/mol. The van der Waals surface area contributed by atoms with Crippen LogP contribution in [-0.4, -0.2) is 36.7 Å². The Balaban J connectivity index is 1.54. The fourth-order valence-electron chi connectivity index (χ4n) is 4.63. The Kier molecular flexibility index (Phi) is 4.58. The third-order valence-electron chi connectivity index (χ3n) is 6.18. The summed E-state index contributed by atoms with van der Waals surface area (Å²) in [6.45, 7) is 2.30. The number of aromatic nitrogens is 4. The molecule has 1 aromatic carbocycles. The molecule has 3 aromatic heterocycles. The van der Waals surface area contributed by atoms with Gasteiger partial charge in [-0.2, -0.15) is 5.10 Å². The van der Waals surface area contributed by atoms with E-state index in [4.69, 9.17) is 0 Å². The average Bonchev–Trinajstić information content (AvgIpc) is 3.29. The smallest absolute Gasteiger partial charge is 0.256 e. The number of benzene rings is 1. The minimum atomic E-state index is -1.50. The van der Waals surface area contributed by atoms with E-state index in [-0.39, 0.29) is 17.5 Å².